The van der Waals surface area contributed by atoms with Gasteiger partial charge in [-0.15, -0.1) is 0 Å². The van der Waals surface area contributed by atoms with Gasteiger partial charge in [-0.25, -0.2) is 13.1 Å². The van der Waals surface area contributed by atoms with Gasteiger partial charge in [-0.3, -0.25) is 4.79 Å². The zero-order valence-electron chi connectivity index (χ0n) is 15.7. The number of hydrogen-bond acceptors (Lipinski definition) is 3. The van der Waals surface area contributed by atoms with Crippen molar-refractivity contribution in [3.63, 3.8) is 0 Å². The van der Waals surface area contributed by atoms with Crippen molar-refractivity contribution in [3.05, 3.63) is 35.9 Å². The van der Waals surface area contributed by atoms with Crippen LogP contribution in [0.5, 0.6) is 0 Å². The fraction of sp³-hybridized carbons (Fsp3) is 0.650. The summed E-state index contributed by atoms with van der Waals surface area (Å²) in [6.07, 6.45) is 7.88. The number of carbonyl (C=O) groups excluding carboxylic acids is 1. The first-order chi connectivity index (χ1) is 12.5. The van der Waals surface area contributed by atoms with Crippen LogP contribution in [0.3, 0.4) is 0 Å². The van der Waals surface area contributed by atoms with Crippen LogP contribution in [0, 0.1) is 11.8 Å². The van der Waals surface area contributed by atoms with Crippen LogP contribution < -0.4 is 10.0 Å². The van der Waals surface area contributed by atoms with Crippen LogP contribution in [0.2, 0.25) is 0 Å². The molecule has 0 unspecified atom stereocenters. The average Bonchev–Trinajstić information content (AvgIpc) is 2.66. The van der Waals surface area contributed by atoms with Gasteiger partial charge in [0.2, 0.25) is 15.9 Å². The Labute approximate surface area is 158 Å². The molecule has 2 rings (SSSR count). The van der Waals surface area contributed by atoms with E-state index in [-0.39, 0.29) is 30.7 Å². The summed E-state index contributed by atoms with van der Waals surface area (Å²) in [7, 11) is -3.39. The summed E-state index contributed by atoms with van der Waals surface area (Å²) in [6.45, 7) is 2.65. The van der Waals surface area contributed by atoms with Crippen LogP contribution in [-0.4, -0.2) is 26.6 Å². The number of amides is 1. The summed E-state index contributed by atoms with van der Waals surface area (Å²) in [5.41, 5.74) is 0.917. The minimum Gasteiger partial charge on any atom is -0.355 e. The summed E-state index contributed by atoms with van der Waals surface area (Å²) in [5, 5.41) is 2.81. The molecule has 0 aromatic heterocycles. The number of nitrogens with one attached hydrogen (secondary N) is 2. The molecule has 0 radical (unpaired) electrons. The number of hydrogen-bond donors (Lipinski definition) is 2. The maximum Gasteiger partial charge on any atom is 0.223 e. The fourth-order valence-electron chi connectivity index (χ4n) is 3.52. The highest BCUT2D eigenvalue weighted by molar-refractivity contribution is 7.89. The minimum atomic E-state index is -3.39. The lowest BCUT2D eigenvalue weighted by Gasteiger charge is -2.27. The highest BCUT2D eigenvalue weighted by atomic mass is 32.2. The lowest BCUT2D eigenvalue weighted by atomic mass is 9.79. The molecule has 0 saturated heterocycles. The Kier molecular flexibility index (Phi) is 8.59. The van der Waals surface area contributed by atoms with E-state index >= 15 is 0 Å². The van der Waals surface area contributed by atoms with Gasteiger partial charge in [0.15, 0.2) is 0 Å². The average molecular weight is 381 g/mol. The quantitative estimate of drug-likeness (QED) is 0.654. The monoisotopic (exact) mass is 380 g/mol. The summed E-state index contributed by atoms with van der Waals surface area (Å²) >= 11 is 0. The van der Waals surface area contributed by atoms with Gasteiger partial charge < -0.3 is 5.32 Å². The van der Waals surface area contributed by atoms with Gasteiger partial charge in [-0.2, -0.15) is 0 Å². The number of unbranched alkanes of at least 4 members (excludes halogenated alkanes) is 1. The van der Waals surface area contributed by atoms with Crippen LogP contribution in [-0.2, 0) is 21.4 Å². The molecule has 0 bridgehead atoms. The van der Waals surface area contributed by atoms with Gasteiger partial charge in [0.25, 0.3) is 0 Å². The molecule has 146 valence electrons. The number of sulfonamides is 1. The minimum absolute atomic E-state index is 0.0113. The van der Waals surface area contributed by atoms with Gasteiger partial charge in [0.05, 0.1) is 5.75 Å². The molecule has 1 amide bonds. The Morgan fingerprint density at radius 3 is 2.46 bits per heavy atom. The molecule has 2 N–H and O–H groups in total. The van der Waals surface area contributed by atoms with Crippen molar-refractivity contribution in [1.29, 1.82) is 0 Å². The van der Waals surface area contributed by atoms with Crippen molar-refractivity contribution < 1.29 is 13.2 Å². The van der Waals surface area contributed by atoms with E-state index in [0.29, 0.717) is 0 Å². The number of rotatable bonds is 10. The second-order valence-electron chi connectivity index (χ2n) is 7.28. The van der Waals surface area contributed by atoms with E-state index in [4.69, 9.17) is 0 Å². The van der Waals surface area contributed by atoms with Crippen molar-refractivity contribution in [1.82, 2.24) is 10.0 Å². The van der Waals surface area contributed by atoms with Crippen LogP contribution in [0.1, 0.15) is 57.4 Å². The predicted octanol–water partition coefficient (Wildman–Crippen LogP) is 3.22. The standard InChI is InChI=1S/C20H32N2O3S/c1-2-3-7-17-10-12-19(13-11-17)20(23)21-14-15-26(24,25)22-16-18-8-5-4-6-9-18/h4-6,8-9,17,19,22H,2-3,7,10-16H2,1H3,(H,21,23). The summed E-state index contributed by atoms with van der Waals surface area (Å²) < 4.78 is 26.7. The Balaban J connectivity index is 1.64. The van der Waals surface area contributed by atoms with Crippen molar-refractivity contribution in [2.75, 3.05) is 12.3 Å². The highest BCUT2D eigenvalue weighted by Crippen LogP contribution is 2.31. The van der Waals surface area contributed by atoms with E-state index in [9.17, 15) is 13.2 Å². The lowest BCUT2D eigenvalue weighted by molar-refractivity contribution is -0.126. The maximum absolute atomic E-state index is 12.3. The molecule has 1 aliphatic carbocycles. The predicted molar refractivity (Wildman–Crippen MR) is 105 cm³/mol. The molecular formula is C20H32N2O3S. The molecule has 1 aliphatic rings. The summed E-state index contributed by atoms with van der Waals surface area (Å²) in [6, 6.07) is 9.40. The molecule has 26 heavy (non-hydrogen) atoms. The van der Waals surface area contributed by atoms with Crippen LogP contribution >= 0.6 is 0 Å². The molecule has 0 spiro atoms. The molecule has 1 aromatic rings. The molecule has 0 aliphatic heterocycles. The van der Waals surface area contributed by atoms with Crippen molar-refractivity contribution >= 4 is 15.9 Å². The second kappa shape index (κ2) is 10.7. The van der Waals surface area contributed by atoms with Crippen LogP contribution in [0.25, 0.3) is 0 Å². The molecule has 6 heteroatoms. The molecule has 1 aromatic carbocycles. The van der Waals surface area contributed by atoms with Crippen LogP contribution in [0.15, 0.2) is 30.3 Å². The number of benzene rings is 1. The second-order valence-corrected chi connectivity index (χ2v) is 9.20. The molecule has 0 heterocycles. The zero-order valence-corrected chi connectivity index (χ0v) is 16.6. The summed E-state index contributed by atoms with van der Waals surface area (Å²) in [5.74, 6) is 0.740. The van der Waals surface area contributed by atoms with Gasteiger partial charge in [0, 0.05) is 19.0 Å². The summed E-state index contributed by atoms with van der Waals surface area (Å²) in [4.78, 5) is 12.3. The van der Waals surface area contributed by atoms with Gasteiger partial charge >= 0.3 is 0 Å². The smallest absolute Gasteiger partial charge is 0.223 e. The normalized spacial score (nSPS) is 20.7. The Hall–Kier alpha value is -1.40. The van der Waals surface area contributed by atoms with Crippen molar-refractivity contribution in [2.24, 2.45) is 11.8 Å². The topological polar surface area (TPSA) is 75.3 Å². The number of carbonyl (C=O) groups is 1. The van der Waals surface area contributed by atoms with Gasteiger partial charge in [0.1, 0.15) is 0 Å². The van der Waals surface area contributed by atoms with E-state index < -0.39 is 10.0 Å². The zero-order chi connectivity index (χ0) is 18.8. The van der Waals surface area contributed by atoms with E-state index in [1.165, 1.54) is 19.3 Å². The first-order valence-electron chi connectivity index (χ1n) is 9.79. The molecule has 1 fully saturated rings. The SMILES string of the molecule is CCCCC1CCC(C(=O)NCCS(=O)(=O)NCc2ccccc2)CC1. The fourth-order valence-corrected chi connectivity index (χ4v) is 4.42. The first kappa shape index (κ1) is 20.9. The van der Waals surface area contributed by atoms with E-state index in [2.05, 4.69) is 17.0 Å². The molecule has 0 atom stereocenters. The third kappa shape index (κ3) is 7.46. The van der Waals surface area contributed by atoms with Gasteiger partial charge in [-0.05, 0) is 37.2 Å². The Morgan fingerprint density at radius 1 is 1.12 bits per heavy atom. The molecular weight excluding hydrogens is 348 g/mol. The van der Waals surface area contributed by atoms with Crippen LogP contribution in [0.4, 0.5) is 0 Å². The third-order valence-electron chi connectivity index (χ3n) is 5.19. The van der Waals surface area contributed by atoms with E-state index in [1.54, 1.807) is 0 Å². The van der Waals surface area contributed by atoms with E-state index in [0.717, 1.165) is 37.2 Å². The Bertz CT molecular complexity index is 638. The maximum atomic E-state index is 12.3. The lowest BCUT2D eigenvalue weighted by Crippen LogP contribution is -2.38. The molecule has 1 saturated carbocycles. The first-order valence-corrected chi connectivity index (χ1v) is 11.4. The molecule has 5 nitrogen and oxygen atoms in total. The van der Waals surface area contributed by atoms with Gasteiger partial charge in [-0.1, -0.05) is 56.5 Å². The highest BCUT2D eigenvalue weighted by Gasteiger charge is 2.26. The van der Waals surface area contributed by atoms with Crippen molar-refractivity contribution in [2.45, 2.75) is 58.4 Å². The third-order valence-corrected chi connectivity index (χ3v) is 6.52. The van der Waals surface area contributed by atoms with Crippen molar-refractivity contribution in [3.8, 4) is 0 Å². The Morgan fingerprint density at radius 2 is 1.81 bits per heavy atom. The largest absolute Gasteiger partial charge is 0.355 e. The van der Waals surface area contributed by atoms with E-state index in [1.807, 2.05) is 30.3 Å².